The van der Waals surface area contributed by atoms with E-state index in [4.69, 9.17) is 9.47 Å². The molecule has 5 rings (SSSR count). The van der Waals surface area contributed by atoms with Crippen LogP contribution in [0.3, 0.4) is 0 Å². The summed E-state index contributed by atoms with van der Waals surface area (Å²) in [4.78, 5) is 45.5. The number of hydrogen-bond acceptors (Lipinski definition) is 9. The fourth-order valence-corrected chi connectivity index (χ4v) is 6.17. The molecule has 0 saturated carbocycles. The van der Waals surface area contributed by atoms with E-state index in [1.54, 1.807) is 32.1 Å². The molecule has 3 aromatic rings. The van der Waals surface area contributed by atoms with Gasteiger partial charge in [0, 0.05) is 42.0 Å². The summed E-state index contributed by atoms with van der Waals surface area (Å²) >= 11 is 1.18. The van der Waals surface area contributed by atoms with Crippen molar-refractivity contribution in [3.05, 3.63) is 94.7 Å². The summed E-state index contributed by atoms with van der Waals surface area (Å²) in [5, 5.41) is 11.6. The number of esters is 1. The fraction of sp³-hybridized carbons (Fsp3) is 0.321. The van der Waals surface area contributed by atoms with Gasteiger partial charge in [0.1, 0.15) is 11.8 Å². The Hall–Kier alpha value is -4.25. The van der Waals surface area contributed by atoms with Crippen LogP contribution in [-0.4, -0.2) is 42.3 Å². The number of fused-ring (bicyclic) bond motifs is 1. The zero-order chi connectivity index (χ0) is 27.7. The molecule has 1 atom stereocenters. The molecule has 10 nitrogen and oxygen atoms in total. The smallest absolute Gasteiger partial charge is 0.338 e. The zero-order valence-corrected chi connectivity index (χ0v) is 22.7. The number of nitro groups is 1. The van der Waals surface area contributed by atoms with Gasteiger partial charge in [-0.2, -0.15) is 0 Å². The highest BCUT2D eigenvalue weighted by molar-refractivity contribution is 7.07. The summed E-state index contributed by atoms with van der Waals surface area (Å²) in [5.74, 6) is -0.0393. The van der Waals surface area contributed by atoms with E-state index in [9.17, 15) is 19.7 Å². The molecule has 11 heteroatoms. The molecule has 0 aliphatic carbocycles. The number of thiazole rings is 1. The number of carbonyl (C=O) groups is 1. The predicted molar refractivity (Wildman–Crippen MR) is 148 cm³/mol. The molecular weight excluding hydrogens is 520 g/mol. The van der Waals surface area contributed by atoms with Crippen molar-refractivity contribution in [1.82, 2.24) is 4.57 Å². The summed E-state index contributed by atoms with van der Waals surface area (Å²) in [6.45, 7) is 5.30. The van der Waals surface area contributed by atoms with E-state index in [1.807, 2.05) is 18.2 Å². The van der Waals surface area contributed by atoms with Crippen LogP contribution >= 0.6 is 11.3 Å². The Labute approximate surface area is 228 Å². The third-order valence-electron chi connectivity index (χ3n) is 6.91. The highest BCUT2D eigenvalue weighted by atomic mass is 32.1. The van der Waals surface area contributed by atoms with E-state index in [1.165, 1.54) is 35.1 Å². The molecule has 0 spiro atoms. The minimum absolute atomic E-state index is 0.0516. The molecule has 2 aliphatic rings. The van der Waals surface area contributed by atoms with E-state index >= 15 is 0 Å². The van der Waals surface area contributed by atoms with Crippen LogP contribution in [0.5, 0.6) is 5.75 Å². The minimum atomic E-state index is -0.818. The van der Waals surface area contributed by atoms with Crippen molar-refractivity contribution in [3.8, 4) is 5.75 Å². The number of anilines is 1. The first-order valence-electron chi connectivity index (χ1n) is 12.7. The van der Waals surface area contributed by atoms with Gasteiger partial charge in [0.25, 0.3) is 11.2 Å². The standard InChI is InChI=1S/C28H28N4O6S/c1-4-38-27(34)24-17(2)29-28-31(25(24)20-9-5-6-10-22(20)37-3)26(33)23(39-28)16-18-15-19(32(35)36)11-12-21(18)30-13-7-8-14-30/h5-6,9-12,15-16,25H,4,7-8,13-14H2,1-3H3/t25-/m0/s1. The van der Waals surface area contributed by atoms with Gasteiger partial charge in [-0.25, -0.2) is 9.79 Å². The minimum Gasteiger partial charge on any atom is -0.496 e. The van der Waals surface area contributed by atoms with E-state index < -0.39 is 16.9 Å². The number of ether oxygens (including phenoxy) is 2. The van der Waals surface area contributed by atoms with Gasteiger partial charge in [0.15, 0.2) is 4.80 Å². The number of methoxy groups -OCH3 is 1. The number of carbonyl (C=O) groups excluding carboxylic acids is 1. The van der Waals surface area contributed by atoms with Gasteiger partial charge < -0.3 is 14.4 Å². The van der Waals surface area contributed by atoms with Crippen LogP contribution in [0.1, 0.15) is 43.9 Å². The quantitative estimate of drug-likeness (QED) is 0.253. The molecule has 39 heavy (non-hydrogen) atoms. The largest absolute Gasteiger partial charge is 0.496 e. The number of aromatic nitrogens is 1. The number of allylic oxidation sites excluding steroid dienone is 1. The van der Waals surface area contributed by atoms with Gasteiger partial charge in [-0.05, 0) is 44.9 Å². The number of rotatable bonds is 7. The highest BCUT2D eigenvalue weighted by Gasteiger charge is 2.35. The molecule has 2 aromatic carbocycles. The topological polar surface area (TPSA) is 116 Å². The number of para-hydroxylation sites is 1. The molecule has 1 aromatic heterocycles. The number of nitro benzene ring substituents is 1. The van der Waals surface area contributed by atoms with Crippen LogP contribution < -0.4 is 24.5 Å². The SMILES string of the molecule is CCOC(=O)C1=C(C)N=c2sc(=Cc3cc([N+](=O)[O-])ccc3N3CCCC3)c(=O)n2[C@H]1c1ccccc1OC. The van der Waals surface area contributed by atoms with E-state index in [0.29, 0.717) is 31.9 Å². The van der Waals surface area contributed by atoms with Gasteiger partial charge in [0.05, 0.1) is 34.4 Å². The van der Waals surface area contributed by atoms with Gasteiger partial charge in [-0.1, -0.05) is 29.5 Å². The lowest BCUT2D eigenvalue weighted by molar-refractivity contribution is -0.384. The zero-order valence-electron chi connectivity index (χ0n) is 21.9. The van der Waals surface area contributed by atoms with Crippen LogP contribution in [-0.2, 0) is 9.53 Å². The van der Waals surface area contributed by atoms with E-state index in [2.05, 4.69) is 9.89 Å². The first-order valence-corrected chi connectivity index (χ1v) is 13.5. The molecule has 0 unspecified atom stereocenters. The number of hydrogen-bond donors (Lipinski definition) is 0. The Bertz CT molecular complexity index is 1670. The monoisotopic (exact) mass is 548 g/mol. The highest BCUT2D eigenvalue weighted by Crippen LogP contribution is 2.36. The first-order chi connectivity index (χ1) is 18.8. The lowest BCUT2D eigenvalue weighted by Gasteiger charge is -2.25. The molecule has 0 bridgehead atoms. The molecule has 0 amide bonds. The van der Waals surface area contributed by atoms with Crippen molar-refractivity contribution in [2.75, 3.05) is 31.7 Å². The molecule has 1 fully saturated rings. The van der Waals surface area contributed by atoms with Crippen LogP contribution in [0, 0.1) is 10.1 Å². The molecule has 0 N–H and O–H groups in total. The van der Waals surface area contributed by atoms with Gasteiger partial charge in [0.2, 0.25) is 0 Å². The maximum Gasteiger partial charge on any atom is 0.338 e. The summed E-state index contributed by atoms with van der Waals surface area (Å²) < 4.78 is 12.8. The number of benzene rings is 2. The van der Waals surface area contributed by atoms with Crippen molar-refractivity contribution >= 4 is 34.8 Å². The molecule has 3 heterocycles. The summed E-state index contributed by atoms with van der Waals surface area (Å²) in [7, 11) is 1.53. The Balaban J connectivity index is 1.75. The molecule has 2 aliphatic heterocycles. The average Bonchev–Trinajstić information content (AvgIpc) is 3.56. The van der Waals surface area contributed by atoms with Gasteiger partial charge in [-0.15, -0.1) is 0 Å². The molecular formula is C28H28N4O6S. The van der Waals surface area contributed by atoms with Crippen LogP contribution in [0.2, 0.25) is 0 Å². The van der Waals surface area contributed by atoms with E-state index in [-0.39, 0.29) is 23.4 Å². The molecule has 202 valence electrons. The normalized spacial score (nSPS) is 17.2. The van der Waals surface area contributed by atoms with Crippen molar-refractivity contribution in [2.45, 2.75) is 32.7 Å². The van der Waals surface area contributed by atoms with Gasteiger partial charge in [-0.3, -0.25) is 19.5 Å². The van der Waals surface area contributed by atoms with Gasteiger partial charge >= 0.3 is 5.97 Å². The maximum atomic E-state index is 14.0. The summed E-state index contributed by atoms with van der Waals surface area (Å²) in [5.41, 5.74) is 2.35. The Kier molecular flexibility index (Phi) is 7.34. The number of nitrogens with zero attached hydrogens (tertiary/aromatic N) is 4. The van der Waals surface area contributed by atoms with Crippen LogP contribution in [0.25, 0.3) is 6.08 Å². The van der Waals surface area contributed by atoms with Crippen LogP contribution in [0.4, 0.5) is 11.4 Å². The molecule has 0 radical (unpaired) electrons. The predicted octanol–water partition coefficient (Wildman–Crippen LogP) is 3.32. The second-order valence-corrected chi connectivity index (χ2v) is 10.2. The summed E-state index contributed by atoms with van der Waals surface area (Å²) in [6, 6.07) is 11.1. The van der Waals surface area contributed by atoms with E-state index in [0.717, 1.165) is 31.6 Å². The maximum absolute atomic E-state index is 14.0. The van der Waals surface area contributed by atoms with Crippen LogP contribution in [0.15, 0.2) is 63.5 Å². The lowest BCUT2D eigenvalue weighted by Crippen LogP contribution is -2.40. The van der Waals surface area contributed by atoms with Crippen molar-refractivity contribution < 1.29 is 19.2 Å². The molecule has 1 saturated heterocycles. The van der Waals surface area contributed by atoms with Crippen molar-refractivity contribution in [3.63, 3.8) is 0 Å². The third kappa shape index (κ3) is 4.85. The first kappa shape index (κ1) is 26.4. The number of non-ortho nitro benzene ring substituents is 1. The average molecular weight is 549 g/mol. The Morgan fingerprint density at radius 3 is 2.67 bits per heavy atom. The third-order valence-corrected chi connectivity index (χ3v) is 7.89. The lowest BCUT2D eigenvalue weighted by atomic mass is 9.95. The second kappa shape index (κ2) is 10.9. The fourth-order valence-electron chi connectivity index (χ4n) is 5.14. The van der Waals surface area contributed by atoms with Crippen molar-refractivity contribution in [2.24, 2.45) is 4.99 Å². The summed E-state index contributed by atoms with van der Waals surface area (Å²) in [6.07, 6.45) is 3.76. The Morgan fingerprint density at radius 2 is 1.97 bits per heavy atom. The van der Waals surface area contributed by atoms with Crippen molar-refractivity contribution in [1.29, 1.82) is 0 Å². The Morgan fingerprint density at radius 1 is 1.23 bits per heavy atom. The second-order valence-electron chi connectivity index (χ2n) is 9.24.